The molecule has 0 spiro atoms. The monoisotopic (exact) mass is 404 g/mol. The van der Waals surface area contributed by atoms with Crippen molar-refractivity contribution in [3.05, 3.63) is 83.6 Å². The van der Waals surface area contributed by atoms with Crippen molar-refractivity contribution in [1.29, 1.82) is 0 Å². The number of para-hydroxylation sites is 1. The van der Waals surface area contributed by atoms with Crippen LogP contribution < -0.4 is 22.3 Å². The van der Waals surface area contributed by atoms with E-state index in [2.05, 4.69) is 5.32 Å². The number of anilines is 1. The molecule has 0 bridgehead atoms. The normalized spacial score (nSPS) is 10.1. The molecule has 6 heteroatoms. The van der Waals surface area contributed by atoms with Gasteiger partial charge in [0.1, 0.15) is 0 Å². The fraction of sp³-hybridized carbons (Fsp3) is 0.100. The van der Waals surface area contributed by atoms with Crippen LogP contribution in [-0.2, 0) is 11.3 Å². The maximum atomic E-state index is 12.4. The first-order valence-electron chi connectivity index (χ1n) is 7.88. The lowest BCUT2D eigenvalue weighted by Gasteiger charge is -2.10. The largest absolute Gasteiger partial charge is 1.00 e. The highest BCUT2D eigenvalue weighted by atomic mass is 35.5. The van der Waals surface area contributed by atoms with Gasteiger partial charge >= 0.3 is 0 Å². The van der Waals surface area contributed by atoms with Crippen LogP contribution in [0, 0.1) is 6.92 Å². The van der Waals surface area contributed by atoms with Gasteiger partial charge in [0.25, 0.3) is 5.91 Å². The van der Waals surface area contributed by atoms with Crippen LogP contribution in [0.4, 0.5) is 5.69 Å². The Morgan fingerprint density at radius 2 is 1.69 bits per heavy atom. The molecule has 0 unspecified atom stereocenters. The lowest BCUT2D eigenvalue weighted by molar-refractivity contribution is -0.684. The molecule has 1 amide bonds. The van der Waals surface area contributed by atoms with Gasteiger partial charge in [-0.2, -0.15) is 4.57 Å². The van der Waals surface area contributed by atoms with Crippen molar-refractivity contribution in [2.75, 3.05) is 5.32 Å². The molecule has 2 aromatic carbocycles. The molecule has 134 valence electrons. The number of aryl methyl sites for hydroxylation is 1. The van der Waals surface area contributed by atoms with E-state index in [1.807, 2.05) is 84.5 Å². The number of carbonyl (C=O) groups is 1. The molecule has 3 nitrogen and oxygen atoms in total. The number of benzene rings is 2. The van der Waals surface area contributed by atoms with Crippen molar-refractivity contribution in [3.63, 3.8) is 0 Å². The quantitative estimate of drug-likeness (QED) is 0.656. The molecular formula is C20H18Cl2N2OS. The zero-order valence-electron chi connectivity index (χ0n) is 14.2. The fourth-order valence-corrected chi connectivity index (χ4v) is 3.31. The minimum atomic E-state index is -0.0574. The summed E-state index contributed by atoms with van der Waals surface area (Å²) in [6, 6.07) is 19.4. The Hall–Kier alpha value is -2.01. The van der Waals surface area contributed by atoms with Crippen LogP contribution in [0.25, 0.3) is 0 Å². The van der Waals surface area contributed by atoms with E-state index in [9.17, 15) is 4.79 Å². The second kappa shape index (κ2) is 9.62. The van der Waals surface area contributed by atoms with E-state index >= 15 is 0 Å². The number of carbonyl (C=O) groups excluding carboxylic acids is 1. The number of nitrogens with one attached hydrogen (secondary N) is 1. The smallest absolute Gasteiger partial charge is 0.290 e. The van der Waals surface area contributed by atoms with Crippen molar-refractivity contribution in [3.8, 4) is 0 Å². The van der Waals surface area contributed by atoms with Gasteiger partial charge in [-0.15, -0.1) is 0 Å². The molecule has 0 aliphatic carbocycles. The lowest BCUT2D eigenvalue weighted by Crippen LogP contribution is -3.00. The summed E-state index contributed by atoms with van der Waals surface area (Å²) in [7, 11) is 0. The molecule has 3 rings (SSSR count). The highest BCUT2D eigenvalue weighted by Gasteiger charge is 2.12. The molecule has 0 fully saturated rings. The molecule has 26 heavy (non-hydrogen) atoms. The lowest BCUT2D eigenvalue weighted by atomic mass is 10.3. The zero-order chi connectivity index (χ0) is 17.6. The van der Waals surface area contributed by atoms with Crippen LogP contribution in [0.5, 0.6) is 0 Å². The predicted molar refractivity (Wildman–Crippen MR) is 102 cm³/mol. The molecule has 1 N–H and O–H groups in total. The van der Waals surface area contributed by atoms with Crippen molar-refractivity contribution in [2.24, 2.45) is 0 Å². The summed E-state index contributed by atoms with van der Waals surface area (Å²) in [5, 5.41) is 3.71. The number of hydrogen-bond acceptors (Lipinski definition) is 2. The highest BCUT2D eigenvalue weighted by molar-refractivity contribution is 7.99. The van der Waals surface area contributed by atoms with E-state index in [1.165, 1.54) is 5.56 Å². The third-order valence-corrected chi connectivity index (χ3v) is 4.92. The minimum absolute atomic E-state index is 0. The Morgan fingerprint density at radius 3 is 2.38 bits per heavy atom. The Bertz CT molecular complexity index is 868. The van der Waals surface area contributed by atoms with Crippen LogP contribution in [0.2, 0.25) is 5.02 Å². The molecule has 0 aliphatic heterocycles. The number of aromatic nitrogens is 1. The Kier molecular flexibility index (Phi) is 7.51. The van der Waals surface area contributed by atoms with Gasteiger partial charge in [0.15, 0.2) is 12.4 Å². The van der Waals surface area contributed by atoms with Crippen LogP contribution in [0.15, 0.2) is 82.8 Å². The Labute approximate surface area is 168 Å². The van der Waals surface area contributed by atoms with Crippen molar-refractivity contribution >= 4 is 35.0 Å². The van der Waals surface area contributed by atoms with E-state index in [4.69, 9.17) is 11.6 Å². The van der Waals surface area contributed by atoms with Gasteiger partial charge in [0, 0.05) is 26.9 Å². The number of pyridine rings is 1. The van der Waals surface area contributed by atoms with Gasteiger partial charge in [0.05, 0.1) is 5.69 Å². The summed E-state index contributed by atoms with van der Waals surface area (Å²) in [5.74, 6) is -0.0574. The summed E-state index contributed by atoms with van der Waals surface area (Å²) in [6.45, 7) is 2.30. The number of rotatable bonds is 5. The first kappa shape index (κ1) is 20.3. The maximum Gasteiger partial charge on any atom is 0.290 e. The molecule has 3 aromatic rings. The van der Waals surface area contributed by atoms with E-state index in [0.29, 0.717) is 5.02 Å². The van der Waals surface area contributed by atoms with Gasteiger partial charge in [0.2, 0.25) is 6.54 Å². The van der Waals surface area contributed by atoms with Gasteiger partial charge in [-0.25, -0.2) is 0 Å². The van der Waals surface area contributed by atoms with Crippen LogP contribution >= 0.6 is 23.4 Å². The van der Waals surface area contributed by atoms with Gasteiger partial charge in [-0.1, -0.05) is 35.5 Å². The molecule has 0 atom stereocenters. The van der Waals surface area contributed by atoms with Crippen LogP contribution in [-0.4, -0.2) is 5.91 Å². The fourth-order valence-electron chi connectivity index (χ4n) is 2.28. The summed E-state index contributed by atoms with van der Waals surface area (Å²) in [6.07, 6.45) is 3.81. The average Bonchev–Trinajstić information content (AvgIpc) is 2.61. The van der Waals surface area contributed by atoms with E-state index < -0.39 is 0 Å². The molecule has 1 aromatic heterocycles. The summed E-state index contributed by atoms with van der Waals surface area (Å²) in [5.41, 5.74) is 1.97. The summed E-state index contributed by atoms with van der Waals surface area (Å²) in [4.78, 5) is 14.4. The third-order valence-electron chi connectivity index (χ3n) is 3.59. The maximum absolute atomic E-state index is 12.4. The van der Waals surface area contributed by atoms with E-state index in [-0.39, 0.29) is 24.9 Å². The second-order valence-electron chi connectivity index (χ2n) is 5.65. The standard InChI is InChI=1S/C20H17ClN2OS.ClH/c1-15-10-12-23(13-11-15)14-20(24)22-18-4-2-3-5-19(18)25-17-8-6-16(21)7-9-17;/h2-13H,14H2,1H3;1H. The predicted octanol–water partition coefficient (Wildman–Crippen LogP) is 1.73. The zero-order valence-corrected chi connectivity index (χ0v) is 16.5. The first-order chi connectivity index (χ1) is 12.1. The average molecular weight is 405 g/mol. The molecule has 0 aliphatic rings. The van der Waals surface area contributed by atoms with Gasteiger partial charge in [-0.3, -0.25) is 4.79 Å². The SMILES string of the molecule is Cc1cc[n+](CC(=O)Nc2ccccc2Sc2ccc(Cl)cc2)cc1.[Cl-]. The number of hydrogen-bond donors (Lipinski definition) is 1. The van der Waals surface area contributed by atoms with Crippen molar-refractivity contribution < 1.29 is 21.8 Å². The van der Waals surface area contributed by atoms with Crippen LogP contribution in [0.1, 0.15) is 5.56 Å². The molecule has 0 radical (unpaired) electrons. The Morgan fingerprint density at radius 1 is 1.04 bits per heavy atom. The number of nitrogens with zero attached hydrogens (tertiary/aromatic N) is 1. The Balaban J connectivity index is 0.00000243. The topological polar surface area (TPSA) is 33.0 Å². The van der Waals surface area contributed by atoms with E-state index in [0.717, 1.165) is 15.5 Å². The number of amides is 1. The molecule has 0 saturated carbocycles. The van der Waals surface area contributed by atoms with Crippen molar-refractivity contribution in [1.82, 2.24) is 0 Å². The molecular weight excluding hydrogens is 387 g/mol. The van der Waals surface area contributed by atoms with Crippen molar-refractivity contribution in [2.45, 2.75) is 23.3 Å². The summed E-state index contributed by atoms with van der Waals surface area (Å²) < 4.78 is 1.86. The van der Waals surface area contributed by atoms with Crippen LogP contribution in [0.3, 0.4) is 0 Å². The summed E-state index contributed by atoms with van der Waals surface area (Å²) >= 11 is 7.53. The highest BCUT2D eigenvalue weighted by Crippen LogP contribution is 2.33. The van der Waals surface area contributed by atoms with Gasteiger partial charge < -0.3 is 17.7 Å². The minimum Gasteiger partial charge on any atom is -1.00 e. The number of halogens is 2. The molecule has 0 saturated heterocycles. The molecule has 1 heterocycles. The van der Waals surface area contributed by atoms with E-state index in [1.54, 1.807) is 11.8 Å². The van der Waals surface area contributed by atoms with Gasteiger partial charge in [-0.05, 0) is 48.9 Å². The third kappa shape index (κ3) is 5.77. The first-order valence-corrected chi connectivity index (χ1v) is 9.07. The second-order valence-corrected chi connectivity index (χ2v) is 7.20.